The van der Waals surface area contributed by atoms with E-state index in [-0.39, 0.29) is 16.4 Å². The van der Waals surface area contributed by atoms with Crippen LogP contribution in [0, 0.1) is 17.0 Å². The number of hydrogen-bond acceptors (Lipinski definition) is 5. The molecular weight excluding hydrogens is 370 g/mol. The number of carbonyl (C=O) groups is 2. The molecule has 0 saturated heterocycles. The lowest BCUT2D eigenvalue weighted by atomic mass is 10.1. The summed E-state index contributed by atoms with van der Waals surface area (Å²) in [6, 6.07) is 10.3. The van der Waals surface area contributed by atoms with Crippen LogP contribution in [-0.2, 0) is 4.79 Å². The third-order valence-electron chi connectivity index (χ3n) is 3.48. The van der Waals surface area contributed by atoms with Gasteiger partial charge in [-0.1, -0.05) is 18.2 Å². The van der Waals surface area contributed by atoms with Gasteiger partial charge in [-0.3, -0.25) is 20.2 Å². The molecule has 0 heterocycles. The van der Waals surface area contributed by atoms with Crippen LogP contribution in [0.4, 0.5) is 11.4 Å². The molecule has 0 unspecified atom stereocenters. The number of carbonyl (C=O) groups excluding carboxylic acids is 1. The number of anilines is 1. The average Bonchev–Trinajstić information content (AvgIpc) is 2.61. The second kappa shape index (κ2) is 8.68. The molecule has 0 bridgehead atoms. The zero-order valence-corrected chi connectivity index (χ0v) is 14.9. The van der Waals surface area contributed by atoms with Crippen LogP contribution in [-0.4, -0.2) is 27.0 Å². The van der Waals surface area contributed by atoms with E-state index in [0.717, 1.165) is 5.56 Å². The number of aromatic carboxylic acids is 1. The summed E-state index contributed by atoms with van der Waals surface area (Å²) >= 11 is 5.05. The first-order chi connectivity index (χ1) is 12.8. The van der Waals surface area contributed by atoms with Crippen molar-refractivity contribution in [1.82, 2.24) is 5.32 Å². The molecule has 8 nitrogen and oxygen atoms in total. The summed E-state index contributed by atoms with van der Waals surface area (Å²) in [5.74, 6) is -1.61. The largest absolute Gasteiger partial charge is 0.478 e. The third kappa shape index (κ3) is 5.72. The van der Waals surface area contributed by atoms with Gasteiger partial charge in [0, 0.05) is 23.9 Å². The van der Waals surface area contributed by atoms with Gasteiger partial charge in [0.05, 0.1) is 10.5 Å². The maximum Gasteiger partial charge on any atom is 0.335 e. The minimum Gasteiger partial charge on any atom is -0.478 e. The van der Waals surface area contributed by atoms with Crippen LogP contribution in [0.1, 0.15) is 21.5 Å². The number of hydrogen-bond donors (Lipinski definition) is 3. The molecule has 2 aromatic carbocycles. The minimum atomic E-state index is -1.08. The number of nitrogens with zero attached hydrogens (tertiary/aromatic N) is 1. The van der Waals surface area contributed by atoms with Gasteiger partial charge in [0.1, 0.15) is 0 Å². The monoisotopic (exact) mass is 385 g/mol. The maximum absolute atomic E-state index is 11.9. The summed E-state index contributed by atoms with van der Waals surface area (Å²) in [5, 5.41) is 25.0. The molecule has 0 aromatic heterocycles. The Balaban J connectivity index is 2.01. The van der Waals surface area contributed by atoms with E-state index in [9.17, 15) is 19.7 Å². The van der Waals surface area contributed by atoms with Gasteiger partial charge in [0.15, 0.2) is 5.11 Å². The summed E-state index contributed by atoms with van der Waals surface area (Å²) in [6.45, 7) is 1.76. The van der Waals surface area contributed by atoms with Crippen molar-refractivity contribution >= 4 is 46.7 Å². The van der Waals surface area contributed by atoms with Crippen LogP contribution < -0.4 is 10.6 Å². The number of thiocarbonyl (C=S) groups is 1. The first kappa shape index (κ1) is 19.7. The molecule has 0 aliphatic carbocycles. The van der Waals surface area contributed by atoms with Gasteiger partial charge in [0.2, 0.25) is 5.91 Å². The molecule has 0 spiro atoms. The van der Waals surface area contributed by atoms with Gasteiger partial charge in [-0.25, -0.2) is 4.79 Å². The molecule has 0 atom stereocenters. The molecule has 27 heavy (non-hydrogen) atoms. The van der Waals surface area contributed by atoms with Crippen molar-refractivity contribution < 1.29 is 19.6 Å². The third-order valence-corrected chi connectivity index (χ3v) is 3.68. The van der Waals surface area contributed by atoms with E-state index in [1.165, 1.54) is 42.5 Å². The Kier molecular flexibility index (Phi) is 6.34. The normalized spacial score (nSPS) is 10.4. The Morgan fingerprint density at radius 2 is 1.96 bits per heavy atom. The highest BCUT2D eigenvalue weighted by Crippen LogP contribution is 2.17. The number of nitro groups is 1. The number of nitro benzene ring substituents is 1. The summed E-state index contributed by atoms with van der Waals surface area (Å²) in [4.78, 5) is 33.2. The number of amides is 1. The molecule has 2 aromatic rings. The minimum absolute atomic E-state index is 0.00525. The standard InChI is InChI=1S/C18H15N3O5S/c1-11-5-7-13(17(23)24)10-15(11)19-18(27)20-16(22)8-6-12-3-2-4-14(9-12)21(25)26/h2-10H,1H3,(H,23,24)(H2,19,20,22,27). The predicted molar refractivity (Wildman–Crippen MR) is 105 cm³/mol. The Morgan fingerprint density at radius 3 is 2.63 bits per heavy atom. The van der Waals surface area contributed by atoms with E-state index < -0.39 is 16.8 Å². The van der Waals surface area contributed by atoms with Crippen LogP contribution in [0.3, 0.4) is 0 Å². The van der Waals surface area contributed by atoms with E-state index in [0.29, 0.717) is 11.3 Å². The van der Waals surface area contributed by atoms with Crippen LogP contribution in [0.2, 0.25) is 0 Å². The van der Waals surface area contributed by atoms with Crippen LogP contribution in [0.25, 0.3) is 6.08 Å². The second-order valence-electron chi connectivity index (χ2n) is 5.46. The van der Waals surface area contributed by atoms with Crippen molar-refractivity contribution in [3.8, 4) is 0 Å². The lowest BCUT2D eigenvalue weighted by Crippen LogP contribution is -2.33. The molecule has 0 aliphatic rings. The van der Waals surface area contributed by atoms with Crippen LogP contribution in [0.15, 0.2) is 48.5 Å². The lowest BCUT2D eigenvalue weighted by Gasteiger charge is -2.11. The van der Waals surface area contributed by atoms with E-state index in [1.54, 1.807) is 19.1 Å². The number of rotatable bonds is 5. The maximum atomic E-state index is 11.9. The van der Waals surface area contributed by atoms with Gasteiger partial charge in [-0.15, -0.1) is 0 Å². The van der Waals surface area contributed by atoms with E-state index in [4.69, 9.17) is 17.3 Å². The number of carboxylic acid groups (broad SMARTS) is 1. The topological polar surface area (TPSA) is 122 Å². The molecule has 0 radical (unpaired) electrons. The molecule has 0 fully saturated rings. The molecule has 138 valence electrons. The fourth-order valence-corrected chi connectivity index (χ4v) is 2.32. The van der Waals surface area contributed by atoms with Crippen molar-refractivity contribution in [3.05, 3.63) is 75.3 Å². The van der Waals surface area contributed by atoms with Crippen LogP contribution >= 0.6 is 12.2 Å². The van der Waals surface area contributed by atoms with Crippen molar-refractivity contribution in [3.63, 3.8) is 0 Å². The molecule has 9 heteroatoms. The van der Waals surface area contributed by atoms with E-state index in [1.807, 2.05) is 0 Å². The van der Waals surface area contributed by atoms with Crippen molar-refractivity contribution in [2.24, 2.45) is 0 Å². The van der Waals surface area contributed by atoms with E-state index in [2.05, 4.69) is 10.6 Å². The van der Waals surface area contributed by atoms with Gasteiger partial charge in [-0.05, 0) is 48.5 Å². The Morgan fingerprint density at radius 1 is 1.22 bits per heavy atom. The second-order valence-corrected chi connectivity index (χ2v) is 5.87. The zero-order valence-electron chi connectivity index (χ0n) is 14.1. The van der Waals surface area contributed by atoms with Crippen LogP contribution in [0.5, 0.6) is 0 Å². The van der Waals surface area contributed by atoms with Gasteiger partial charge in [0.25, 0.3) is 5.69 Å². The predicted octanol–water partition coefficient (Wildman–Crippen LogP) is 3.13. The summed E-state index contributed by atoms with van der Waals surface area (Å²) in [6.07, 6.45) is 2.61. The number of nitrogens with one attached hydrogen (secondary N) is 2. The van der Waals surface area contributed by atoms with Crippen molar-refractivity contribution in [2.45, 2.75) is 6.92 Å². The highest BCUT2D eigenvalue weighted by Gasteiger charge is 2.09. The quantitative estimate of drug-likeness (QED) is 0.313. The Bertz CT molecular complexity index is 956. The molecule has 3 N–H and O–H groups in total. The van der Waals surface area contributed by atoms with Crippen molar-refractivity contribution in [2.75, 3.05) is 5.32 Å². The number of benzene rings is 2. The zero-order chi connectivity index (χ0) is 20.0. The summed E-state index contributed by atoms with van der Waals surface area (Å²) in [5.41, 5.74) is 1.71. The average molecular weight is 385 g/mol. The number of aryl methyl sites for hydroxylation is 1. The van der Waals surface area contributed by atoms with Gasteiger partial charge < -0.3 is 10.4 Å². The Labute approximate surface area is 159 Å². The molecule has 0 aliphatic heterocycles. The lowest BCUT2D eigenvalue weighted by molar-refractivity contribution is -0.384. The van der Waals surface area contributed by atoms with Gasteiger partial charge >= 0.3 is 5.97 Å². The first-order valence-corrected chi connectivity index (χ1v) is 8.05. The fourth-order valence-electron chi connectivity index (χ4n) is 2.11. The highest BCUT2D eigenvalue weighted by atomic mass is 32.1. The first-order valence-electron chi connectivity index (χ1n) is 7.64. The number of carboxylic acids is 1. The Hall–Kier alpha value is -3.59. The van der Waals surface area contributed by atoms with Gasteiger partial charge in [-0.2, -0.15) is 0 Å². The van der Waals surface area contributed by atoms with Crippen molar-refractivity contribution in [1.29, 1.82) is 0 Å². The summed E-state index contributed by atoms with van der Waals surface area (Å²) < 4.78 is 0. The summed E-state index contributed by atoms with van der Waals surface area (Å²) in [7, 11) is 0. The highest BCUT2D eigenvalue weighted by molar-refractivity contribution is 7.80. The molecular formula is C18H15N3O5S. The smallest absolute Gasteiger partial charge is 0.335 e. The molecule has 2 rings (SSSR count). The van der Waals surface area contributed by atoms with E-state index >= 15 is 0 Å². The fraction of sp³-hybridized carbons (Fsp3) is 0.0556. The number of non-ortho nitro benzene ring substituents is 1. The molecule has 0 saturated carbocycles. The molecule has 1 amide bonds. The SMILES string of the molecule is Cc1ccc(C(=O)O)cc1NC(=S)NC(=O)C=Cc1cccc([N+](=O)[O-])c1.